The SMILES string of the molecule is C#CCCC1CCN(C[C@@]2(COc3nc(N4CC5CCC(C4)N5)c4c5ccnc(-c6c(C(F)(F)CC)c(C)cc7[nH]ncc67)c5n(C)c4n3)CC2(F)F)CC1. The molecule has 14 heteroatoms. The number of aromatic nitrogens is 6. The van der Waals surface area contributed by atoms with Gasteiger partial charge in [0.25, 0.3) is 11.8 Å². The van der Waals surface area contributed by atoms with Crippen molar-refractivity contribution in [3.8, 4) is 29.6 Å². The molecule has 4 aliphatic rings. The normalized spacial score (nSPS) is 24.3. The molecule has 3 aliphatic heterocycles. The predicted molar refractivity (Wildman–Crippen MR) is 205 cm³/mol. The summed E-state index contributed by atoms with van der Waals surface area (Å²) in [6.45, 7) is 6.11. The number of piperazine rings is 1. The summed E-state index contributed by atoms with van der Waals surface area (Å²) < 4.78 is 70.6. The molecular weight excluding hydrogens is 711 g/mol. The molecule has 0 radical (unpaired) electrons. The number of anilines is 1. The van der Waals surface area contributed by atoms with E-state index >= 15 is 17.6 Å². The maximum atomic E-state index is 15.9. The first-order valence-corrected chi connectivity index (χ1v) is 19.6. The van der Waals surface area contributed by atoms with Crippen molar-refractivity contribution in [2.75, 3.05) is 44.2 Å². The molecule has 2 bridgehead atoms. The van der Waals surface area contributed by atoms with Gasteiger partial charge in [-0.1, -0.05) is 6.92 Å². The fourth-order valence-corrected chi connectivity index (χ4v) is 9.67. The molecule has 0 amide bonds. The molecule has 55 heavy (non-hydrogen) atoms. The minimum absolute atomic E-state index is 0.0230. The van der Waals surface area contributed by atoms with Gasteiger partial charge in [-0.25, -0.2) is 17.6 Å². The number of terminal acetylenes is 1. The Morgan fingerprint density at radius 2 is 1.84 bits per heavy atom. The van der Waals surface area contributed by atoms with Gasteiger partial charge >= 0.3 is 6.01 Å². The van der Waals surface area contributed by atoms with Gasteiger partial charge in [-0.05, 0) is 75.7 Å². The fraction of sp³-hybridized carbons (Fsp3) is 0.561. The van der Waals surface area contributed by atoms with E-state index in [1.165, 1.54) is 6.92 Å². The van der Waals surface area contributed by atoms with Gasteiger partial charge in [0.1, 0.15) is 18.1 Å². The summed E-state index contributed by atoms with van der Waals surface area (Å²) in [7, 11) is 1.83. The number of alkyl halides is 4. The first-order chi connectivity index (χ1) is 26.4. The van der Waals surface area contributed by atoms with Gasteiger partial charge in [-0.15, -0.1) is 12.3 Å². The first kappa shape index (κ1) is 36.2. The number of likely N-dealkylation sites (tertiary alicyclic amines) is 1. The number of hydrogen-bond donors (Lipinski definition) is 2. The summed E-state index contributed by atoms with van der Waals surface area (Å²) >= 11 is 0. The molecule has 0 spiro atoms. The molecule has 3 atom stereocenters. The van der Waals surface area contributed by atoms with E-state index in [9.17, 15) is 0 Å². The lowest BCUT2D eigenvalue weighted by molar-refractivity contribution is -0.00819. The van der Waals surface area contributed by atoms with Crippen LogP contribution >= 0.6 is 0 Å². The van der Waals surface area contributed by atoms with E-state index in [4.69, 9.17) is 26.1 Å². The second-order valence-electron chi connectivity index (χ2n) is 16.4. The predicted octanol–water partition coefficient (Wildman–Crippen LogP) is 7.34. The van der Waals surface area contributed by atoms with Crippen LogP contribution in [0.3, 0.4) is 0 Å². The lowest BCUT2D eigenvalue weighted by Crippen LogP contribution is -2.51. The standard InChI is InChI=1S/C41H47F4N9O/c1-5-7-8-25-12-15-53(16-13-25)22-39(21-41(39,44)45)23-55-38-49-36-32(37(50-38)54-19-26-9-10-27(20-54)48-26)28-11-14-46-34(35(28)52(36)4)31-29-18-47-51-30(29)17-24(3)33(31)40(42,43)6-2/h1,11,14,17-18,25-27,48H,6-10,12-13,15-16,19-23H2,2-4H3,(H,47,51)/t26?,27?,39-/m1/s1. The fourth-order valence-electron chi connectivity index (χ4n) is 9.67. The topological polar surface area (TPSA) is 100 Å². The van der Waals surface area contributed by atoms with Gasteiger partial charge in [0.15, 0.2) is 0 Å². The Morgan fingerprint density at radius 1 is 1.09 bits per heavy atom. The molecule has 1 aromatic carbocycles. The highest BCUT2D eigenvalue weighted by Gasteiger charge is 2.72. The zero-order valence-corrected chi connectivity index (χ0v) is 31.6. The molecule has 9 rings (SSSR count). The van der Waals surface area contributed by atoms with Crippen LogP contribution in [0.4, 0.5) is 23.4 Å². The average molecular weight is 758 g/mol. The number of ether oxygens (including phenoxy) is 1. The number of nitrogens with one attached hydrogen (secondary N) is 2. The van der Waals surface area contributed by atoms with E-state index in [1.807, 2.05) is 17.7 Å². The van der Waals surface area contributed by atoms with E-state index < -0.39 is 17.3 Å². The van der Waals surface area contributed by atoms with Gasteiger partial charge in [0.2, 0.25) is 0 Å². The molecule has 290 valence electrons. The van der Waals surface area contributed by atoms with Crippen LogP contribution in [-0.4, -0.2) is 92.0 Å². The van der Waals surface area contributed by atoms with Crippen molar-refractivity contribution in [1.29, 1.82) is 0 Å². The van der Waals surface area contributed by atoms with Crippen molar-refractivity contribution < 1.29 is 22.3 Å². The number of benzene rings is 1. The van der Waals surface area contributed by atoms with Crippen LogP contribution in [0, 0.1) is 30.6 Å². The van der Waals surface area contributed by atoms with Crippen molar-refractivity contribution in [3.05, 3.63) is 35.7 Å². The third-order valence-electron chi connectivity index (χ3n) is 12.8. The Kier molecular flexibility index (Phi) is 8.77. The number of halogens is 4. The number of H-pyrrole nitrogens is 1. The molecule has 2 N–H and O–H groups in total. The Labute approximate surface area is 317 Å². The quantitative estimate of drug-likeness (QED) is 0.107. The summed E-state index contributed by atoms with van der Waals surface area (Å²) in [6.07, 6.45) is 13.8. The third-order valence-corrected chi connectivity index (χ3v) is 12.8. The molecule has 4 aromatic heterocycles. The van der Waals surface area contributed by atoms with E-state index in [2.05, 4.69) is 31.2 Å². The van der Waals surface area contributed by atoms with Gasteiger partial charge in [0.05, 0.1) is 33.7 Å². The molecule has 2 unspecified atom stereocenters. The largest absolute Gasteiger partial charge is 0.462 e. The highest BCUT2D eigenvalue weighted by molar-refractivity contribution is 6.16. The van der Waals surface area contributed by atoms with Crippen molar-refractivity contribution in [2.45, 2.75) is 89.1 Å². The molecular formula is C41H47F4N9O. The van der Waals surface area contributed by atoms with Crippen LogP contribution in [0.2, 0.25) is 0 Å². The monoisotopic (exact) mass is 757 g/mol. The second-order valence-corrected chi connectivity index (χ2v) is 16.4. The average Bonchev–Trinajstić information content (AvgIpc) is 3.57. The number of pyridine rings is 1. The highest BCUT2D eigenvalue weighted by atomic mass is 19.3. The lowest BCUT2D eigenvalue weighted by Gasteiger charge is -2.34. The molecule has 5 aromatic rings. The number of fused-ring (bicyclic) bond motifs is 6. The molecule has 4 fully saturated rings. The number of piperidine rings is 1. The zero-order chi connectivity index (χ0) is 38.3. The van der Waals surface area contributed by atoms with Gasteiger partial charge in [-0.3, -0.25) is 10.1 Å². The number of aromatic amines is 1. The van der Waals surface area contributed by atoms with Gasteiger partial charge in [0, 0.05) is 86.1 Å². The Hall–Kier alpha value is -4.48. The maximum Gasteiger partial charge on any atom is 0.320 e. The molecule has 1 saturated carbocycles. The van der Waals surface area contributed by atoms with Crippen LogP contribution < -0.4 is 15.0 Å². The molecule has 10 nitrogen and oxygen atoms in total. The Balaban J connectivity index is 1.14. The van der Waals surface area contributed by atoms with Crippen molar-refractivity contribution >= 4 is 38.7 Å². The molecule has 3 saturated heterocycles. The molecule has 1 aliphatic carbocycles. The summed E-state index contributed by atoms with van der Waals surface area (Å²) in [4.78, 5) is 19.1. The number of aryl methyl sites for hydroxylation is 2. The summed E-state index contributed by atoms with van der Waals surface area (Å²) in [5, 5.41) is 12.9. The van der Waals surface area contributed by atoms with E-state index in [0.29, 0.717) is 63.7 Å². The minimum Gasteiger partial charge on any atom is -0.462 e. The highest BCUT2D eigenvalue weighted by Crippen LogP contribution is 2.61. The minimum atomic E-state index is -3.13. The van der Waals surface area contributed by atoms with Crippen LogP contribution in [0.25, 0.3) is 44.1 Å². The van der Waals surface area contributed by atoms with E-state index in [-0.39, 0.29) is 49.7 Å². The van der Waals surface area contributed by atoms with Gasteiger partial charge in [-0.2, -0.15) is 15.1 Å². The summed E-state index contributed by atoms with van der Waals surface area (Å²) in [5.41, 5.74) is 1.47. The number of rotatable bonds is 11. The van der Waals surface area contributed by atoms with Gasteiger partial charge < -0.3 is 24.4 Å². The lowest BCUT2D eigenvalue weighted by atomic mass is 9.89. The smallest absolute Gasteiger partial charge is 0.320 e. The van der Waals surface area contributed by atoms with Crippen molar-refractivity contribution in [1.82, 2.24) is 39.9 Å². The zero-order valence-electron chi connectivity index (χ0n) is 31.6. The van der Waals surface area contributed by atoms with Crippen LogP contribution in [0.5, 0.6) is 6.01 Å². The number of hydrogen-bond acceptors (Lipinski definition) is 8. The molecule has 7 heterocycles. The van der Waals surface area contributed by atoms with Crippen LogP contribution in [0.15, 0.2) is 24.5 Å². The van der Waals surface area contributed by atoms with Crippen LogP contribution in [0.1, 0.15) is 69.4 Å². The first-order valence-electron chi connectivity index (χ1n) is 19.6. The Bertz CT molecular complexity index is 2310. The summed E-state index contributed by atoms with van der Waals surface area (Å²) in [6, 6.07) is 4.17. The third kappa shape index (κ3) is 6.09. The van der Waals surface area contributed by atoms with Crippen LogP contribution in [-0.2, 0) is 13.0 Å². The maximum absolute atomic E-state index is 15.9. The Morgan fingerprint density at radius 3 is 2.53 bits per heavy atom. The van der Waals surface area contributed by atoms with Crippen molar-refractivity contribution in [3.63, 3.8) is 0 Å². The summed E-state index contributed by atoms with van der Waals surface area (Å²) in [5.74, 6) is -2.11. The number of nitrogens with zero attached hydrogens (tertiary/aromatic N) is 7. The second kappa shape index (κ2) is 13.3. The van der Waals surface area contributed by atoms with Crippen molar-refractivity contribution in [2.24, 2.45) is 18.4 Å². The van der Waals surface area contributed by atoms with E-state index in [1.54, 1.807) is 25.4 Å². The van der Waals surface area contributed by atoms with E-state index in [0.717, 1.165) is 62.4 Å².